The van der Waals surface area contributed by atoms with E-state index in [1.165, 1.54) is 0 Å². The van der Waals surface area contributed by atoms with Crippen molar-refractivity contribution in [2.45, 2.75) is 41.5 Å². The summed E-state index contributed by atoms with van der Waals surface area (Å²) in [5.41, 5.74) is 1.13. The van der Waals surface area contributed by atoms with Crippen LogP contribution in [0.1, 0.15) is 38.4 Å². The number of thiazole rings is 1. The van der Waals surface area contributed by atoms with Crippen LogP contribution < -0.4 is 0 Å². The maximum Gasteiger partial charge on any atom is 0.0897 e. The second-order valence-electron chi connectivity index (χ2n) is 1.51. The Morgan fingerprint density at radius 3 is 1.64 bits per heavy atom. The lowest BCUT2D eigenvalue weighted by atomic mass is 10.6. The summed E-state index contributed by atoms with van der Waals surface area (Å²) in [6.07, 6.45) is 0. The third kappa shape index (κ3) is 7.53. The van der Waals surface area contributed by atoms with E-state index >= 15 is 0 Å². The van der Waals surface area contributed by atoms with Gasteiger partial charge in [-0.25, -0.2) is 4.98 Å². The van der Waals surface area contributed by atoms with Gasteiger partial charge < -0.3 is 0 Å². The van der Waals surface area contributed by atoms with Crippen LogP contribution in [0.3, 0.4) is 0 Å². The Morgan fingerprint density at radius 1 is 1.09 bits per heavy atom. The normalized spacial score (nSPS) is 7.09. The van der Waals surface area contributed by atoms with Gasteiger partial charge in [-0.05, 0) is 13.8 Å². The number of hydrogen-bond donors (Lipinski definition) is 0. The van der Waals surface area contributed by atoms with Gasteiger partial charge in [0.25, 0.3) is 0 Å². The standard InChI is InChI=1S/C5H7NS.2C2H6/c1-4-3-7-5(2)6-4;2*1-2/h3H,1-2H3;2*1-2H3. The molecule has 0 bridgehead atoms. The molecule has 0 unspecified atom stereocenters. The first-order chi connectivity index (χ1) is 5.29. The molecule has 1 aromatic heterocycles. The van der Waals surface area contributed by atoms with Crippen molar-refractivity contribution in [3.8, 4) is 0 Å². The molecule has 0 radical (unpaired) electrons. The maximum atomic E-state index is 4.13. The largest absolute Gasteiger partial charge is 0.247 e. The van der Waals surface area contributed by atoms with E-state index in [-0.39, 0.29) is 0 Å². The minimum absolute atomic E-state index is 1.13. The zero-order chi connectivity index (χ0) is 9.28. The fourth-order valence-corrected chi connectivity index (χ4v) is 1.06. The average molecular weight is 173 g/mol. The molecule has 0 aliphatic carbocycles. The van der Waals surface area contributed by atoms with Gasteiger partial charge in [0.05, 0.1) is 5.01 Å². The molecule has 0 spiro atoms. The lowest BCUT2D eigenvalue weighted by Gasteiger charge is -1.71. The molecule has 1 rings (SSSR count). The summed E-state index contributed by atoms with van der Waals surface area (Å²) in [5, 5.41) is 3.20. The zero-order valence-electron chi connectivity index (χ0n) is 8.43. The molecule has 0 atom stereocenters. The van der Waals surface area contributed by atoms with Crippen LogP contribution in [0.25, 0.3) is 0 Å². The molecule has 66 valence electrons. The highest BCUT2D eigenvalue weighted by Crippen LogP contribution is 2.04. The number of hydrogen-bond acceptors (Lipinski definition) is 2. The molecular formula is C9H19NS. The van der Waals surface area contributed by atoms with Crippen LogP contribution in [-0.4, -0.2) is 4.98 Å². The van der Waals surface area contributed by atoms with Crippen LogP contribution in [-0.2, 0) is 0 Å². The minimum Gasteiger partial charge on any atom is -0.247 e. The summed E-state index contributed by atoms with van der Waals surface area (Å²) < 4.78 is 0. The highest BCUT2D eigenvalue weighted by molar-refractivity contribution is 7.09. The van der Waals surface area contributed by atoms with E-state index in [4.69, 9.17) is 0 Å². The van der Waals surface area contributed by atoms with Crippen molar-refractivity contribution in [1.29, 1.82) is 0 Å². The predicted octanol–water partition coefficient (Wildman–Crippen LogP) is 3.81. The van der Waals surface area contributed by atoms with E-state index < -0.39 is 0 Å². The van der Waals surface area contributed by atoms with E-state index in [1.54, 1.807) is 11.3 Å². The van der Waals surface area contributed by atoms with Crippen LogP contribution in [0.4, 0.5) is 0 Å². The molecular weight excluding hydrogens is 154 g/mol. The van der Waals surface area contributed by atoms with Crippen LogP contribution >= 0.6 is 11.3 Å². The second-order valence-corrected chi connectivity index (χ2v) is 2.57. The van der Waals surface area contributed by atoms with E-state index in [1.807, 2.05) is 41.5 Å². The molecule has 0 N–H and O–H groups in total. The van der Waals surface area contributed by atoms with Gasteiger partial charge in [-0.15, -0.1) is 11.3 Å². The number of nitrogens with zero attached hydrogens (tertiary/aromatic N) is 1. The summed E-state index contributed by atoms with van der Waals surface area (Å²) in [4.78, 5) is 4.13. The molecule has 0 saturated heterocycles. The molecule has 2 heteroatoms. The zero-order valence-corrected chi connectivity index (χ0v) is 9.25. The van der Waals surface area contributed by atoms with Crippen molar-refractivity contribution in [2.75, 3.05) is 0 Å². The third-order valence-corrected chi connectivity index (χ3v) is 1.63. The van der Waals surface area contributed by atoms with Crippen molar-refractivity contribution in [3.63, 3.8) is 0 Å². The van der Waals surface area contributed by atoms with Gasteiger partial charge in [0.2, 0.25) is 0 Å². The Hall–Kier alpha value is -0.370. The summed E-state index contributed by atoms with van der Waals surface area (Å²) in [7, 11) is 0. The molecule has 0 aliphatic rings. The monoisotopic (exact) mass is 173 g/mol. The summed E-state index contributed by atoms with van der Waals surface area (Å²) in [6.45, 7) is 12.0. The van der Waals surface area contributed by atoms with Gasteiger partial charge in [-0.2, -0.15) is 0 Å². The van der Waals surface area contributed by atoms with Gasteiger partial charge >= 0.3 is 0 Å². The molecule has 0 aliphatic heterocycles. The minimum atomic E-state index is 1.13. The topological polar surface area (TPSA) is 12.9 Å². The SMILES string of the molecule is CC.CC.Cc1csc(C)n1. The van der Waals surface area contributed by atoms with Crippen LogP contribution in [0.15, 0.2) is 5.38 Å². The molecule has 0 aromatic carbocycles. The van der Waals surface area contributed by atoms with Crippen LogP contribution in [0, 0.1) is 13.8 Å². The fourth-order valence-electron chi connectivity index (χ4n) is 0.472. The Balaban J connectivity index is 0. The Bertz CT molecular complexity index is 142. The lowest BCUT2D eigenvalue weighted by molar-refractivity contribution is 1.20. The van der Waals surface area contributed by atoms with Gasteiger partial charge in [-0.3, -0.25) is 0 Å². The molecule has 0 fully saturated rings. The van der Waals surface area contributed by atoms with Crippen molar-refractivity contribution in [2.24, 2.45) is 0 Å². The van der Waals surface area contributed by atoms with Gasteiger partial charge in [0, 0.05) is 11.1 Å². The molecule has 1 nitrogen and oxygen atoms in total. The van der Waals surface area contributed by atoms with Crippen molar-refractivity contribution in [3.05, 3.63) is 16.1 Å². The van der Waals surface area contributed by atoms with E-state index in [0.29, 0.717) is 0 Å². The molecule has 0 amide bonds. The highest BCUT2D eigenvalue weighted by atomic mass is 32.1. The maximum absolute atomic E-state index is 4.13. The Kier molecular flexibility index (Phi) is 11.6. The first-order valence-electron chi connectivity index (χ1n) is 4.18. The Morgan fingerprint density at radius 2 is 1.55 bits per heavy atom. The van der Waals surface area contributed by atoms with Gasteiger partial charge in [0.1, 0.15) is 0 Å². The summed E-state index contributed by atoms with van der Waals surface area (Å²) >= 11 is 1.69. The first kappa shape index (κ1) is 13.2. The number of rotatable bonds is 0. The van der Waals surface area contributed by atoms with Crippen molar-refractivity contribution < 1.29 is 0 Å². The second kappa shape index (κ2) is 9.63. The fraction of sp³-hybridized carbons (Fsp3) is 0.667. The van der Waals surface area contributed by atoms with Gasteiger partial charge in [-0.1, -0.05) is 27.7 Å². The van der Waals surface area contributed by atoms with Crippen molar-refractivity contribution >= 4 is 11.3 Å². The molecule has 0 saturated carbocycles. The van der Waals surface area contributed by atoms with E-state index in [9.17, 15) is 0 Å². The number of aromatic nitrogens is 1. The van der Waals surface area contributed by atoms with Crippen molar-refractivity contribution in [1.82, 2.24) is 4.98 Å². The predicted molar refractivity (Wildman–Crippen MR) is 54.3 cm³/mol. The van der Waals surface area contributed by atoms with Gasteiger partial charge in [0.15, 0.2) is 0 Å². The van der Waals surface area contributed by atoms with E-state index in [0.717, 1.165) is 10.7 Å². The van der Waals surface area contributed by atoms with Crippen LogP contribution in [0.5, 0.6) is 0 Å². The number of aryl methyl sites for hydroxylation is 2. The third-order valence-electron chi connectivity index (χ3n) is 0.734. The smallest absolute Gasteiger partial charge is 0.0897 e. The average Bonchev–Trinajstić information content (AvgIpc) is 2.43. The summed E-state index contributed by atoms with van der Waals surface area (Å²) in [6, 6.07) is 0. The molecule has 1 aromatic rings. The quantitative estimate of drug-likeness (QED) is 0.581. The first-order valence-corrected chi connectivity index (χ1v) is 5.06. The van der Waals surface area contributed by atoms with Crippen LogP contribution in [0.2, 0.25) is 0 Å². The van der Waals surface area contributed by atoms with E-state index in [2.05, 4.69) is 10.4 Å². The molecule has 11 heavy (non-hydrogen) atoms. The molecule has 1 heterocycles. The highest BCUT2D eigenvalue weighted by Gasteiger charge is 1.85. The lowest BCUT2D eigenvalue weighted by Crippen LogP contribution is -1.67. The Labute approximate surface area is 74.5 Å². The summed E-state index contributed by atoms with van der Waals surface area (Å²) in [5.74, 6) is 0.